The van der Waals surface area contributed by atoms with Gasteiger partial charge in [-0.2, -0.15) is 0 Å². The van der Waals surface area contributed by atoms with Crippen molar-refractivity contribution in [2.45, 2.75) is 112 Å². The van der Waals surface area contributed by atoms with Crippen molar-refractivity contribution >= 4 is 29.3 Å². The second-order valence-electron chi connectivity index (χ2n) is 14.6. The van der Waals surface area contributed by atoms with Crippen molar-refractivity contribution in [3.05, 3.63) is 11.1 Å². The summed E-state index contributed by atoms with van der Waals surface area (Å²) in [6.45, 7) is 13.9. The van der Waals surface area contributed by atoms with Crippen molar-refractivity contribution < 1.29 is 44.0 Å². The number of ether oxygens (including phenoxy) is 1. The van der Waals surface area contributed by atoms with Crippen LogP contribution in [0.4, 0.5) is 0 Å². The molecule has 10 atom stereocenters. The Labute approximate surface area is 242 Å². The highest BCUT2D eigenvalue weighted by Crippen LogP contribution is 2.71. The van der Waals surface area contributed by atoms with E-state index in [1.807, 2.05) is 27.7 Å². The van der Waals surface area contributed by atoms with Crippen LogP contribution in [0.15, 0.2) is 11.1 Å². The minimum absolute atomic E-state index is 0.0351. The first-order chi connectivity index (χ1) is 18.8. The molecule has 0 bridgehead atoms. The molecular formula is C32H46O9. The molecule has 4 aliphatic carbocycles. The van der Waals surface area contributed by atoms with Crippen molar-refractivity contribution in [2.75, 3.05) is 0 Å². The zero-order valence-corrected chi connectivity index (χ0v) is 25.6. The first kappa shape index (κ1) is 31.5. The summed E-state index contributed by atoms with van der Waals surface area (Å²) in [5, 5.41) is 31.9. The van der Waals surface area contributed by atoms with Crippen LogP contribution in [0.25, 0.3) is 0 Å². The van der Waals surface area contributed by atoms with Gasteiger partial charge in [-0.15, -0.1) is 0 Å². The highest BCUT2D eigenvalue weighted by atomic mass is 16.5. The predicted octanol–water partition coefficient (Wildman–Crippen LogP) is 3.67. The average molecular weight is 575 g/mol. The van der Waals surface area contributed by atoms with Gasteiger partial charge in [-0.1, -0.05) is 48.5 Å². The van der Waals surface area contributed by atoms with E-state index in [0.29, 0.717) is 24.0 Å². The molecule has 0 amide bonds. The Balaban J connectivity index is 1.87. The van der Waals surface area contributed by atoms with Crippen molar-refractivity contribution in [1.29, 1.82) is 0 Å². The molecule has 0 aliphatic heterocycles. The Morgan fingerprint density at radius 1 is 0.976 bits per heavy atom. The second-order valence-corrected chi connectivity index (χ2v) is 14.6. The van der Waals surface area contributed by atoms with E-state index in [9.17, 15) is 39.3 Å². The van der Waals surface area contributed by atoms with Gasteiger partial charge in [0.15, 0.2) is 11.9 Å². The van der Waals surface area contributed by atoms with Gasteiger partial charge in [0.2, 0.25) is 5.78 Å². The molecule has 2 saturated carbocycles. The topological polar surface area (TPSA) is 155 Å². The number of aliphatic hydroxyl groups is 2. The van der Waals surface area contributed by atoms with E-state index in [4.69, 9.17) is 4.74 Å². The summed E-state index contributed by atoms with van der Waals surface area (Å²) in [6.07, 6.45) is -1.81. The van der Waals surface area contributed by atoms with Crippen LogP contribution >= 0.6 is 0 Å². The molecule has 0 aromatic heterocycles. The Kier molecular flexibility index (Phi) is 7.78. The molecule has 4 aliphatic rings. The number of hydrogen-bond acceptors (Lipinski definition) is 8. The molecule has 3 N–H and O–H groups in total. The van der Waals surface area contributed by atoms with Crippen LogP contribution in [0, 0.1) is 45.3 Å². The number of hydrogen-bond donors (Lipinski definition) is 3. The number of fused-ring (bicyclic) bond motifs is 4. The van der Waals surface area contributed by atoms with Crippen LogP contribution in [0.3, 0.4) is 0 Å². The summed E-state index contributed by atoms with van der Waals surface area (Å²) in [5.41, 5.74) is -3.21. The monoisotopic (exact) mass is 574 g/mol. The summed E-state index contributed by atoms with van der Waals surface area (Å²) >= 11 is 0. The van der Waals surface area contributed by atoms with Gasteiger partial charge in [-0.05, 0) is 42.4 Å². The van der Waals surface area contributed by atoms with E-state index in [-0.39, 0.29) is 49.1 Å². The van der Waals surface area contributed by atoms with Gasteiger partial charge < -0.3 is 20.1 Å². The fourth-order valence-corrected chi connectivity index (χ4v) is 9.44. The van der Waals surface area contributed by atoms with Crippen molar-refractivity contribution in [2.24, 2.45) is 45.3 Å². The lowest BCUT2D eigenvalue weighted by Gasteiger charge is -2.61. The van der Waals surface area contributed by atoms with Crippen LogP contribution in [-0.2, 0) is 28.7 Å². The number of carbonyl (C=O) groups is 5. The number of Topliss-reactive ketones (excluding diaryl/α,β-unsaturated/α-hetero) is 3. The van der Waals surface area contributed by atoms with E-state index < -0.39 is 69.5 Å². The number of carbonyl (C=O) groups excluding carboxylic acids is 4. The van der Waals surface area contributed by atoms with Crippen molar-refractivity contribution in [1.82, 2.24) is 0 Å². The van der Waals surface area contributed by atoms with Crippen LogP contribution in [0.5, 0.6) is 0 Å². The largest absolute Gasteiger partial charge is 0.481 e. The van der Waals surface area contributed by atoms with Crippen LogP contribution < -0.4 is 0 Å². The average Bonchev–Trinajstić information content (AvgIpc) is 3.07. The molecule has 41 heavy (non-hydrogen) atoms. The predicted molar refractivity (Wildman–Crippen MR) is 148 cm³/mol. The summed E-state index contributed by atoms with van der Waals surface area (Å²) in [5.74, 6) is -4.63. The van der Waals surface area contributed by atoms with E-state index in [1.54, 1.807) is 13.8 Å². The van der Waals surface area contributed by atoms with Gasteiger partial charge in [-0.3, -0.25) is 24.0 Å². The number of carboxylic acid groups (broad SMARTS) is 1. The smallest absolute Gasteiger partial charge is 0.306 e. The summed E-state index contributed by atoms with van der Waals surface area (Å²) in [4.78, 5) is 65.5. The third-order valence-electron chi connectivity index (χ3n) is 12.0. The molecular weight excluding hydrogens is 528 g/mol. The fraction of sp³-hybridized carbons (Fsp3) is 0.781. The molecule has 9 heteroatoms. The lowest BCUT2D eigenvalue weighted by atomic mass is 9.42. The van der Waals surface area contributed by atoms with Gasteiger partial charge in [-0.25, -0.2) is 0 Å². The molecule has 2 fully saturated rings. The standard InChI is InChI=1S/C32H46O9/c1-15(11-18(34)12-16(2)28(39)40)19-13-23(37)32(8)24-20(35)14-21-29(4,5)22(36)9-10-30(21,6)25(24)26(38)27(31(19,32)7)41-17(3)33/h15-16,19,21-23,27,36-37H,9-14H2,1-8H3,(H,39,40)/t15-,16-,19-,21+,22+,23-,27-,30+,31+,32+/m1/s1. The van der Waals surface area contributed by atoms with Gasteiger partial charge in [0.05, 0.1) is 18.1 Å². The Morgan fingerprint density at radius 3 is 2.15 bits per heavy atom. The van der Waals surface area contributed by atoms with E-state index >= 15 is 0 Å². The number of aliphatic hydroxyl groups excluding tert-OH is 2. The molecule has 0 saturated heterocycles. The summed E-state index contributed by atoms with van der Waals surface area (Å²) < 4.78 is 5.84. The molecule has 0 aromatic carbocycles. The SMILES string of the molecule is CC(=O)O[C@@H]1C(=O)C2=C(C(=O)C[C@H]3C(C)(C)[C@@H](O)CC[C@]23C)[C@]2(C)[C@H](O)C[C@H]([C@H](C)CC(=O)C[C@@H](C)C(=O)O)[C@@]12C. The maximum atomic E-state index is 14.6. The summed E-state index contributed by atoms with van der Waals surface area (Å²) in [7, 11) is 0. The Morgan fingerprint density at radius 2 is 1.59 bits per heavy atom. The molecule has 0 unspecified atom stereocenters. The Bertz CT molecular complexity index is 1220. The molecule has 4 rings (SSSR count). The first-order valence-corrected chi connectivity index (χ1v) is 14.9. The Hall–Kier alpha value is -2.39. The van der Waals surface area contributed by atoms with E-state index in [2.05, 4.69) is 0 Å². The molecule has 228 valence electrons. The van der Waals surface area contributed by atoms with Crippen molar-refractivity contribution in [3.8, 4) is 0 Å². The van der Waals surface area contributed by atoms with E-state index in [1.165, 1.54) is 13.8 Å². The quantitative estimate of drug-likeness (QED) is 0.386. The fourth-order valence-electron chi connectivity index (χ4n) is 9.44. The molecule has 0 radical (unpaired) electrons. The molecule has 0 aromatic rings. The van der Waals surface area contributed by atoms with Crippen LogP contribution in [0.2, 0.25) is 0 Å². The number of esters is 1. The zero-order chi connectivity index (χ0) is 31.0. The molecule has 0 heterocycles. The first-order valence-electron chi connectivity index (χ1n) is 14.9. The minimum atomic E-state index is -1.28. The van der Waals surface area contributed by atoms with E-state index in [0.717, 1.165) is 0 Å². The number of rotatable bonds is 7. The van der Waals surface area contributed by atoms with Gasteiger partial charge in [0.1, 0.15) is 5.78 Å². The third kappa shape index (κ3) is 4.36. The van der Waals surface area contributed by atoms with Gasteiger partial charge in [0, 0.05) is 53.6 Å². The van der Waals surface area contributed by atoms with Crippen molar-refractivity contribution in [3.63, 3.8) is 0 Å². The molecule has 9 nitrogen and oxygen atoms in total. The van der Waals surface area contributed by atoms with Crippen LogP contribution in [-0.4, -0.2) is 62.9 Å². The lowest BCUT2D eigenvalue weighted by Crippen LogP contribution is -2.65. The maximum absolute atomic E-state index is 14.6. The normalized spacial score (nSPS) is 41.2. The molecule has 0 spiro atoms. The maximum Gasteiger partial charge on any atom is 0.306 e. The van der Waals surface area contributed by atoms with Gasteiger partial charge in [0.25, 0.3) is 0 Å². The highest BCUT2D eigenvalue weighted by molar-refractivity contribution is 6.13. The third-order valence-corrected chi connectivity index (χ3v) is 12.0. The number of carboxylic acids is 1. The zero-order valence-electron chi connectivity index (χ0n) is 25.6. The number of ketones is 3. The highest BCUT2D eigenvalue weighted by Gasteiger charge is 2.74. The number of aliphatic carboxylic acids is 1. The van der Waals surface area contributed by atoms with Crippen LogP contribution in [0.1, 0.15) is 93.9 Å². The lowest BCUT2D eigenvalue weighted by molar-refractivity contribution is -0.178. The minimum Gasteiger partial charge on any atom is -0.481 e. The van der Waals surface area contributed by atoms with Gasteiger partial charge >= 0.3 is 11.9 Å². The summed E-state index contributed by atoms with van der Waals surface area (Å²) in [6, 6.07) is 0. The second kappa shape index (κ2) is 10.1.